The summed E-state index contributed by atoms with van der Waals surface area (Å²) in [5, 5.41) is 2.73. The van der Waals surface area contributed by atoms with E-state index in [1.807, 2.05) is 13.8 Å². The summed E-state index contributed by atoms with van der Waals surface area (Å²) in [7, 11) is 0. The van der Waals surface area contributed by atoms with E-state index in [4.69, 9.17) is 4.74 Å². The van der Waals surface area contributed by atoms with E-state index in [0.29, 0.717) is 18.8 Å². The van der Waals surface area contributed by atoms with E-state index in [2.05, 4.69) is 26.2 Å². The summed E-state index contributed by atoms with van der Waals surface area (Å²) in [6.07, 6.45) is 1.78. The highest BCUT2D eigenvalue weighted by atomic mass is 79.9. The molecular weight excluding hydrogens is 272 g/mol. The number of nitrogens with zero attached hydrogens (tertiary/aromatic N) is 1. The van der Waals surface area contributed by atoms with Gasteiger partial charge in [0.05, 0.1) is 12.7 Å². The fourth-order valence-electron chi connectivity index (χ4n) is 1.06. The van der Waals surface area contributed by atoms with Crippen LogP contribution in [0.4, 0.5) is 0 Å². The van der Waals surface area contributed by atoms with Gasteiger partial charge in [0.15, 0.2) is 0 Å². The minimum Gasteiger partial charge on any atom is -0.377 e. The second-order valence-corrected chi connectivity index (χ2v) is 4.45. The molecule has 5 heteroatoms. The summed E-state index contributed by atoms with van der Waals surface area (Å²) in [6, 6.07) is 3.45. The Morgan fingerprint density at radius 2 is 2.31 bits per heavy atom. The number of rotatable bonds is 5. The maximum absolute atomic E-state index is 11.6. The normalized spacial score (nSPS) is 10.5. The maximum Gasteiger partial charge on any atom is 0.269 e. The Morgan fingerprint density at radius 3 is 2.88 bits per heavy atom. The number of carbonyl (C=O) groups excluding carboxylic acids is 1. The number of halogens is 1. The molecule has 1 aromatic rings. The lowest BCUT2D eigenvalue weighted by Crippen LogP contribution is -2.28. The van der Waals surface area contributed by atoms with Crippen LogP contribution in [0.3, 0.4) is 0 Å². The van der Waals surface area contributed by atoms with Crippen LogP contribution in [0, 0.1) is 0 Å². The van der Waals surface area contributed by atoms with Crippen molar-refractivity contribution in [2.24, 2.45) is 0 Å². The first-order chi connectivity index (χ1) is 7.59. The Hall–Kier alpha value is -0.940. The van der Waals surface area contributed by atoms with Crippen molar-refractivity contribution in [2.75, 3.05) is 13.2 Å². The number of hydrogen-bond donors (Lipinski definition) is 1. The first kappa shape index (κ1) is 13.1. The minimum absolute atomic E-state index is 0.181. The summed E-state index contributed by atoms with van der Waals surface area (Å²) >= 11 is 3.26. The number of carbonyl (C=O) groups is 1. The van der Waals surface area contributed by atoms with E-state index < -0.39 is 0 Å². The largest absolute Gasteiger partial charge is 0.377 e. The van der Waals surface area contributed by atoms with Gasteiger partial charge in [0.2, 0.25) is 0 Å². The molecule has 0 unspecified atom stereocenters. The Kier molecular flexibility index (Phi) is 5.42. The third-order valence-corrected chi connectivity index (χ3v) is 2.27. The van der Waals surface area contributed by atoms with Gasteiger partial charge in [-0.2, -0.15) is 0 Å². The van der Waals surface area contributed by atoms with Gasteiger partial charge in [-0.05, 0) is 41.9 Å². The fourth-order valence-corrected chi connectivity index (χ4v) is 1.29. The molecule has 1 rings (SSSR count). The molecule has 16 heavy (non-hydrogen) atoms. The van der Waals surface area contributed by atoms with E-state index in [0.717, 1.165) is 4.47 Å². The van der Waals surface area contributed by atoms with Crippen LogP contribution in [-0.4, -0.2) is 30.1 Å². The number of aromatic nitrogens is 1. The molecule has 0 radical (unpaired) electrons. The summed E-state index contributed by atoms with van der Waals surface area (Å²) < 4.78 is 6.16. The van der Waals surface area contributed by atoms with Crippen molar-refractivity contribution in [2.45, 2.75) is 20.0 Å². The van der Waals surface area contributed by atoms with Gasteiger partial charge in [0.1, 0.15) is 5.69 Å². The molecule has 1 N–H and O–H groups in total. The SMILES string of the molecule is CC(C)OCCNC(=O)c1ccc(Br)cn1. The van der Waals surface area contributed by atoms with E-state index >= 15 is 0 Å². The third-order valence-electron chi connectivity index (χ3n) is 1.80. The van der Waals surface area contributed by atoms with Gasteiger partial charge in [-0.25, -0.2) is 4.98 Å². The monoisotopic (exact) mass is 286 g/mol. The van der Waals surface area contributed by atoms with Gasteiger partial charge in [0.25, 0.3) is 5.91 Å². The van der Waals surface area contributed by atoms with Crippen LogP contribution >= 0.6 is 15.9 Å². The lowest BCUT2D eigenvalue weighted by atomic mass is 10.3. The molecule has 0 aliphatic heterocycles. The highest BCUT2D eigenvalue weighted by Crippen LogP contribution is 2.06. The summed E-state index contributed by atoms with van der Waals surface area (Å²) in [6.45, 7) is 4.92. The first-order valence-corrected chi connectivity index (χ1v) is 5.90. The number of hydrogen-bond acceptors (Lipinski definition) is 3. The molecule has 0 saturated heterocycles. The van der Waals surface area contributed by atoms with Crippen molar-refractivity contribution in [1.82, 2.24) is 10.3 Å². The lowest BCUT2D eigenvalue weighted by molar-refractivity contribution is 0.0745. The van der Waals surface area contributed by atoms with Gasteiger partial charge < -0.3 is 10.1 Å². The zero-order valence-corrected chi connectivity index (χ0v) is 11.0. The van der Waals surface area contributed by atoms with Crippen LogP contribution in [0.1, 0.15) is 24.3 Å². The zero-order chi connectivity index (χ0) is 12.0. The van der Waals surface area contributed by atoms with Crippen molar-refractivity contribution in [3.63, 3.8) is 0 Å². The van der Waals surface area contributed by atoms with E-state index in [1.54, 1.807) is 18.3 Å². The van der Waals surface area contributed by atoms with Crippen LogP contribution in [0.5, 0.6) is 0 Å². The molecule has 4 nitrogen and oxygen atoms in total. The molecule has 0 bridgehead atoms. The first-order valence-electron chi connectivity index (χ1n) is 5.11. The summed E-state index contributed by atoms with van der Waals surface area (Å²) in [4.78, 5) is 15.5. The third kappa shape index (κ3) is 4.72. The second kappa shape index (κ2) is 6.60. The average molecular weight is 287 g/mol. The summed E-state index contributed by atoms with van der Waals surface area (Å²) in [5.74, 6) is -0.181. The molecule has 0 fully saturated rings. The van der Waals surface area contributed by atoms with Crippen LogP contribution in [0.25, 0.3) is 0 Å². The molecule has 1 amide bonds. The van der Waals surface area contributed by atoms with Crippen LogP contribution < -0.4 is 5.32 Å². The number of ether oxygens (including phenoxy) is 1. The Balaban J connectivity index is 2.32. The molecular formula is C11H15BrN2O2. The van der Waals surface area contributed by atoms with Gasteiger partial charge in [-0.1, -0.05) is 0 Å². The predicted octanol–water partition coefficient (Wildman–Crippen LogP) is 2.00. The second-order valence-electron chi connectivity index (χ2n) is 3.54. The van der Waals surface area contributed by atoms with Gasteiger partial charge in [-0.15, -0.1) is 0 Å². The smallest absolute Gasteiger partial charge is 0.269 e. The molecule has 0 saturated carbocycles. The van der Waals surface area contributed by atoms with Crippen LogP contribution in [-0.2, 0) is 4.74 Å². The molecule has 1 heterocycles. The standard InChI is InChI=1S/C11H15BrN2O2/c1-8(2)16-6-5-13-11(15)10-4-3-9(12)7-14-10/h3-4,7-8H,5-6H2,1-2H3,(H,13,15). The lowest BCUT2D eigenvalue weighted by Gasteiger charge is -2.08. The average Bonchev–Trinajstić information content (AvgIpc) is 2.25. The molecule has 0 aliphatic rings. The van der Waals surface area contributed by atoms with Gasteiger partial charge in [0, 0.05) is 17.2 Å². The molecule has 1 aromatic heterocycles. The molecule has 0 aliphatic carbocycles. The molecule has 0 aromatic carbocycles. The van der Waals surface area contributed by atoms with E-state index in [1.165, 1.54) is 0 Å². The highest BCUT2D eigenvalue weighted by Gasteiger charge is 2.05. The Bertz CT molecular complexity index is 338. The maximum atomic E-state index is 11.6. The van der Waals surface area contributed by atoms with Crippen molar-refractivity contribution < 1.29 is 9.53 Å². The van der Waals surface area contributed by atoms with E-state index in [-0.39, 0.29) is 12.0 Å². The van der Waals surface area contributed by atoms with Gasteiger partial charge >= 0.3 is 0 Å². The van der Waals surface area contributed by atoms with Crippen molar-refractivity contribution in [3.05, 3.63) is 28.5 Å². The Labute approximate surface area is 104 Å². The molecule has 0 atom stereocenters. The van der Waals surface area contributed by atoms with Crippen molar-refractivity contribution >= 4 is 21.8 Å². The highest BCUT2D eigenvalue weighted by molar-refractivity contribution is 9.10. The topological polar surface area (TPSA) is 51.2 Å². The summed E-state index contributed by atoms with van der Waals surface area (Å²) in [5.41, 5.74) is 0.410. The predicted molar refractivity (Wildman–Crippen MR) is 65.4 cm³/mol. The number of pyridine rings is 1. The number of amides is 1. The fraction of sp³-hybridized carbons (Fsp3) is 0.455. The van der Waals surface area contributed by atoms with Crippen molar-refractivity contribution in [3.8, 4) is 0 Å². The van der Waals surface area contributed by atoms with Gasteiger partial charge in [-0.3, -0.25) is 4.79 Å². The zero-order valence-electron chi connectivity index (χ0n) is 9.37. The van der Waals surface area contributed by atoms with Crippen LogP contribution in [0.15, 0.2) is 22.8 Å². The van der Waals surface area contributed by atoms with E-state index in [9.17, 15) is 4.79 Å². The molecule has 0 spiro atoms. The Morgan fingerprint density at radius 1 is 1.56 bits per heavy atom. The number of nitrogens with one attached hydrogen (secondary N) is 1. The molecule has 88 valence electrons. The minimum atomic E-state index is -0.181. The quantitative estimate of drug-likeness (QED) is 0.843. The van der Waals surface area contributed by atoms with Crippen LogP contribution in [0.2, 0.25) is 0 Å². The van der Waals surface area contributed by atoms with Crippen molar-refractivity contribution in [1.29, 1.82) is 0 Å².